The number of hydrogen-bond acceptors (Lipinski definition) is 2. The second-order valence-electron chi connectivity index (χ2n) is 4.08. The van der Waals surface area contributed by atoms with Gasteiger partial charge >= 0.3 is 0 Å². The average Bonchev–Trinajstić information content (AvgIpc) is 2.20. The van der Waals surface area contributed by atoms with Crippen LogP contribution in [0.25, 0.3) is 0 Å². The Morgan fingerprint density at radius 3 is 2.76 bits per heavy atom. The lowest BCUT2D eigenvalue weighted by Gasteiger charge is -2.15. The van der Waals surface area contributed by atoms with Crippen molar-refractivity contribution in [2.45, 2.75) is 32.4 Å². The molecular formula is C12H15BrFNO2. The first-order valence-electron chi connectivity index (χ1n) is 5.34. The van der Waals surface area contributed by atoms with Crippen LogP contribution in [0.5, 0.6) is 0 Å². The molecule has 2 atom stereocenters. The topological polar surface area (TPSA) is 49.3 Å². The molecule has 0 aliphatic heterocycles. The Kier molecular flexibility index (Phi) is 5.08. The van der Waals surface area contributed by atoms with E-state index in [0.717, 1.165) is 0 Å². The van der Waals surface area contributed by atoms with Gasteiger partial charge in [-0.05, 0) is 38.5 Å². The molecule has 1 amide bonds. The van der Waals surface area contributed by atoms with Crippen molar-refractivity contribution in [3.8, 4) is 0 Å². The minimum absolute atomic E-state index is 0.00295. The van der Waals surface area contributed by atoms with Gasteiger partial charge in [-0.25, -0.2) is 4.39 Å². The Balaban J connectivity index is 2.73. The standard InChI is InChI=1S/C12H15BrFNO2/c1-7(5-8(2)16)15-12(17)10-6-9(13)3-4-11(10)14/h3-4,6-8,16H,5H2,1-2H3,(H,15,17). The lowest BCUT2D eigenvalue weighted by atomic mass is 10.1. The number of aliphatic hydroxyl groups is 1. The van der Waals surface area contributed by atoms with Crippen molar-refractivity contribution in [1.82, 2.24) is 5.32 Å². The van der Waals surface area contributed by atoms with Crippen LogP contribution in [0.15, 0.2) is 22.7 Å². The lowest BCUT2D eigenvalue weighted by molar-refractivity contribution is 0.0919. The van der Waals surface area contributed by atoms with E-state index >= 15 is 0 Å². The highest BCUT2D eigenvalue weighted by Crippen LogP contribution is 2.15. The fourth-order valence-electron chi connectivity index (χ4n) is 1.54. The predicted octanol–water partition coefficient (Wildman–Crippen LogP) is 2.48. The van der Waals surface area contributed by atoms with Crippen molar-refractivity contribution < 1.29 is 14.3 Å². The van der Waals surface area contributed by atoms with E-state index in [1.165, 1.54) is 18.2 Å². The van der Waals surface area contributed by atoms with Crippen LogP contribution in [0, 0.1) is 5.82 Å². The van der Waals surface area contributed by atoms with Crippen molar-refractivity contribution in [3.05, 3.63) is 34.1 Å². The number of nitrogens with one attached hydrogen (secondary N) is 1. The van der Waals surface area contributed by atoms with Gasteiger partial charge in [0.05, 0.1) is 11.7 Å². The van der Waals surface area contributed by atoms with Gasteiger partial charge in [-0.3, -0.25) is 4.79 Å². The maximum absolute atomic E-state index is 13.4. The summed E-state index contributed by atoms with van der Waals surface area (Å²) in [6, 6.07) is 3.99. The third kappa shape index (κ3) is 4.44. The summed E-state index contributed by atoms with van der Waals surface area (Å²) in [6.45, 7) is 3.41. The first-order valence-corrected chi connectivity index (χ1v) is 6.13. The molecule has 0 bridgehead atoms. The number of carbonyl (C=O) groups is 1. The average molecular weight is 304 g/mol. The van der Waals surface area contributed by atoms with Crippen LogP contribution in [-0.2, 0) is 0 Å². The quantitative estimate of drug-likeness (QED) is 0.898. The molecule has 0 spiro atoms. The van der Waals surface area contributed by atoms with E-state index < -0.39 is 17.8 Å². The zero-order valence-corrected chi connectivity index (χ0v) is 11.3. The second kappa shape index (κ2) is 6.12. The molecule has 0 aromatic heterocycles. The van der Waals surface area contributed by atoms with Crippen LogP contribution < -0.4 is 5.32 Å². The SMILES string of the molecule is CC(O)CC(C)NC(=O)c1cc(Br)ccc1F. The second-order valence-corrected chi connectivity index (χ2v) is 5.00. The van der Waals surface area contributed by atoms with Crippen molar-refractivity contribution in [2.75, 3.05) is 0 Å². The Labute approximate surface area is 108 Å². The molecule has 3 nitrogen and oxygen atoms in total. The van der Waals surface area contributed by atoms with Gasteiger partial charge in [0.1, 0.15) is 5.82 Å². The van der Waals surface area contributed by atoms with Crippen LogP contribution >= 0.6 is 15.9 Å². The Morgan fingerprint density at radius 1 is 1.53 bits per heavy atom. The summed E-state index contributed by atoms with van der Waals surface area (Å²) in [5.41, 5.74) is -0.00295. The third-order valence-corrected chi connectivity index (χ3v) is 2.74. The molecule has 5 heteroatoms. The third-order valence-electron chi connectivity index (χ3n) is 2.25. The molecule has 1 rings (SSSR count). The molecule has 0 saturated heterocycles. The molecule has 0 saturated carbocycles. The molecule has 1 aromatic carbocycles. The fraction of sp³-hybridized carbons (Fsp3) is 0.417. The lowest BCUT2D eigenvalue weighted by Crippen LogP contribution is -2.35. The van der Waals surface area contributed by atoms with Crippen LogP contribution in [0.4, 0.5) is 4.39 Å². The summed E-state index contributed by atoms with van der Waals surface area (Å²) in [6.07, 6.45) is -0.0703. The minimum atomic E-state index is -0.560. The Hall–Kier alpha value is -0.940. The molecular weight excluding hydrogens is 289 g/mol. The summed E-state index contributed by atoms with van der Waals surface area (Å²) in [5, 5.41) is 11.8. The number of amides is 1. The number of benzene rings is 1. The van der Waals surface area contributed by atoms with E-state index in [-0.39, 0.29) is 11.6 Å². The molecule has 2 N–H and O–H groups in total. The number of hydrogen-bond donors (Lipinski definition) is 2. The molecule has 0 heterocycles. The van der Waals surface area contributed by atoms with E-state index in [4.69, 9.17) is 0 Å². The highest BCUT2D eigenvalue weighted by molar-refractivity contribution is 9.10. The zero-order valence-electron chi connectivity index (χ0n) is 9.71. The van der Waals surface area contributed by atoms with Crippen LogP contribution in [0.1, 0.15) is 30.6 Å². The molecule has 2 unspecified atom stereocenters. The fourth-order valence-corrected chi connectivity index (χ4v) is 1.90. The van der Waals surface area contributed by atoms with Gasteiger partial charge in [0, 0.05) is 10.5 Å². The normalized spacial score (nSPS) is 14.2. The molecule has 1 aromatic rings. The summed E-state index contributed by atoms with van der Waals surface area (Å²) >= 11 is 3.18. The zero-order chi connectivity index (χ0) is 13.0. The van der Waals surface area contributed by atoms with Crippen molar-refractivity contribution in [3.63, 3.8) is 0 Å². The Bertz CT molecular complexity index is 409. The van der Waals surface area contributed by atoms with Gasteiger partial charge < -0.3 is 10.4 Å². The first kappa shape index (κ1) is 14.1. The van der Waals surface area contributed by atoms with E-state index in [9.17, 15) is 14.3 Å². The molecule has 0 fully saturated rings. The highest BCUT2D eigenvalue weighted by Gasteiger charge is 2.15. The monoisotopic (exact) mass is 303 g/mol. The van der Waals surface area contributed by atoms with E-state index in [2.05, 4.69) is 21.2 Å². The van der Waals surface area contributed by atoms with Gasteiger partial charge in [0.2, 0.25) is 0 Å². The van der Waals surface area contributed by atoms with Crippen LogP contribution in [0.3, 0.4) is 0 Å². The minimum Gasteiger partial charge on any atom is -0.393 e. The number of aliphatic hydroxyl groups excluding tert-OH is 1. The molecule has 0 radical (unpaired) electrons. The maximum atomic E-state index is 13.4. The summed E-state index contributed by atoms with van der Waals surface area (Å²) in [4.78, 5) is 11.8. The summed E-state index contributed by atoms with van der Waals surface area (Å²) < 4.78 is 14.0. The van der Waals surface area contributed by atoms with E-state index in [0.29, 0.717) is 10.9 Å². The molecule has 0 aliphatic rings. The predicted molar refractivity (Wildman–Crippen MR) is 67.3 cm³/mol. The van der Waals surface area contributed by atoms with E-state index in [1.54, 1.807) is 13.8 Å². The molecule has 17 heavy (non-hydrogen) atoms. The molecule has 0 aliphatic carbocycles. The van der Waals surface area contributed by atoms with Crippen molar-refractivity contribution in [2.24, 2.45) is 0 Å². The van der Waals surface area contributed by atoms with Crippen LogP contribution in [0.2, 0.25) is 0 Å². The number of rotatable bonds is 4. The largest absolute Gasteiger partial charge is 0.393 e. The smallest absolute Gasteiger partial charge is 0.254 e. The van der Waals surface area contributed by atoms with Crippen LogP contribution in [-0.4, -0.2) is 23.2 Å². The maximum Gasteiger partial charge on any atom is 0.254 e. The summed E-state index contributed by atoms with van der Waals surface area (Å²) in [7, 11) is 0. The van der Waals surface area contributed by atoms with Crippen molar-refractivity contribution >= 4 is 21.8 Å². The number of carbonyl (C=O) groups excluding carboxylic acids is 1. The summed E-state index contributed by atoms with van der Waals surface area (Å²) in [5.74, 6) is -1.04. The molecule has 94 valence electrons. The van der Waals surface area contributed by atoms with Gasteiger partial charge in [0.15, 0.2) is 0 Å². The van der Waals surface area contributed by atoms with Gasteiger partial charge in [-0.2, -0.15) is 0 Å². The van der Waals surface area contributed by atoms with Gasteiger partial charge in [0.25, 0.3) is 5.91 Å². The highest BCUT2D eigenvalue weighted by atomic mass is 79.9. The van der Waals surface area contributed by atoms with E-state index in [1.807, 2.05) is 0 Å². The Morgan fingerprint density at radius 2 is 2.18 bits per heavy atom. The van der Waals surface area contributed by atoms with Gasteiger partial charge in [-0.1, -0.05) is 15.9 Å². The number of halogens is 2. The van der Waals surface area contributed by atoms with Crippen molar-refractivity contribution in [1.29, 1.82) is 0 Å². The van der Waals surface area contributed by atoms with Gasteiger partial charge in [-0.15, -0.1) is 0 Å². The first-order chi connectivity index (χ1) is 7.90.